The lowest BCUT2D eigenvalue weighted by atomic mass is 10.2. The summed E-state index contributed by atoms with van der Waals surface area (Å²) >= 11 is 0. The molecule has 9 nitrogen and oxygen atoms in total. The monoisotopic (exact) mass is 402 g/mol. The molecule has 0 unspecified atom stereocenters. The van der Waals surface area contributed by atoms with Crippen LogP contribution in [0.4, 0.5) is 0 Å². The molecule has 27 heavy (non-hydrogen) atoms. The molecule has 10 heteroatoms. The van der Waals surface area contributed by atoms with Crippen molar-refractivity contribution in [2.45, 2.75) is 31.8 Å². The quantitative estimate of drug-likeness (QED) is 0.488. The van der Waals surface area contributed by atoms with Crippen molar-refractivity contribution in [1.29, 1.82) is 0 Å². The molecule has 0 aromatic heterocycles. The number of ether oxygens (including phenoxy) is 2. The lowest BCUT2D eigenvalue weighted by Crippen LogP contribution is -2.37. The molecular formula is C17H26N2O7S. The Hall–Kier alpha value is -2.17. The van der Waals surface area contributed by atoms with Crippen LogP contribution in [0, 0.1) is 5.92 Å². The Balaban J connectivity index is 3.05. The van der Waals surface area contributed by atoms with E-state index in [4.69, 9.17) is 14.3 Å². The maximum atomic E-state index is 12.5. The first-order valence-corrected chi connectivity index (χ1v) is 9.68. The molecule has 0 saturated heterocycles. The number of methoxy groups -OCH3 is 1. The molecule has 0 spiro atoms. The van der Waals surface area contributed by atoms with Gasteiger partial charge in [-0.3, -0.25) is 9.63 Å². The van der Waals surface area contributed by atoms with Crippen LogP contribution in [-0.4, -0.2) is 58.7 Å². The zero-order chi connectivity index (χ0) is 20.8. The molecule has 1 aromatic carbocycles. The van der Waals surface area contributed by atoms with Gasteiger partial charge < -0.3 is 14.8 Å². The van der Waals surface area contributed by atoms with Gasteiger partial charge in [0.25, 0.3) is 15.9 Å². The molecule has 152 valence electrons. The highest BCUT2D eigenvalue weighted by molar-refractivity contribution is 7.89. The minimum atomic E-state index is -4.05. The van der Waals surface area contributed by atoms with Crippen molar-refractivity contribution >= 4 is 21.9 Å². The second-order valence-corrected chi connectivity index (χ2v) is 8.05. The van der Waals surface area contributed by atoms with Gasteiger partial charge in [0.05, 0.1) is 19.8 Å². The SMILES string of the molecule is COc1ccc(C(=O)O[C@H](C)C(=O)NCC(C)C)cc1S(=O)(=O)N(C)OC. The fourth-order valence-electron chi connectivity index (χ4n) is 1.97. The fraction of sp³-hybridized carbons (Fsp3) is 0.529. The first-order chi connectivity index (χ1) is 12.5. The van der Waals surface area contributed by atoms with Crippen LogP contribution in [-0.2, 0) is 24.4 Å². The van der Waals surface area contributed by atoms with E-state index in [1.807, 2.05) is 13.8 Å². The molecule has 1 N–H and O–H groups in total. The predicted octanol–water partition coefficient (Wildman–Crippen LogP) is 1.19. The van der Waals surface area contributed by atoms with Crippen molar-refractivity contribution in [3.05, 3.63) is 23.8 Å². The molecule has 0 radical (unpaired) electrons. The Morgan fingerprint density at radius 1 is 1.19 bits per heavy atom. The third kappa shape index (κ3) is 5.91. The maximum Gasteiger partial charge on any atom is 0.338 e. The van der Waals surface area contributed by atoms with E-state index in [0.29, 0.717) is 11.0 Å². The second kappa shape index (κ2) is 9.67. The highest BCUT2D eigenvalue weighted by atomic mass is 32.2. The van der Waals surface area contributed by atoms with Crippen LogP contribution in [0.15, 0.2) is 23.1 Å². The molecule has 1 amide bonds. The van der Waals surface area contributed by atoms with Gasteiger partial charge in [-0.2, -0.15) is 0 Å². The average Bonchev–Trinajstić information content (AvgIpc) is 2.64. The van der Waals surface area contributed by atoms with Crippen molar-refractivity contribution in [3.63, 3.8) is 0 Å². The average molecular weight is 402 g/mol. The molecule has 0 saturated carbocycles. The highest BCUT2D eigenvalue weighted by Gasteiger charge is 2.27. The summed E-state index contributed by atoms with van der Waals surface area (Å²) in [6.45, 7) is 5.77. The standard InChI is InChI=1S/C17H26N2O7S/c1-11(2)10-18-16(20)12(3)26-17(21)13-7-8-14(24-5)15(9-13)27(22,23)19(4)25-6/h7-9,11-12H,10H2,1-6H3,(H,18,20)/t12-/m1/s1. The van der Waals surface area contributed by atoms with Crippen molar-refractivity contribution in [2.75, 3.05) is 27.8 Å². The van der Waals surface area contributed by atoms with Crippen molar-refractivity contribution in [3.8, 4) is 5.75 Å². The number of esters is 1. The number of amides is 1. The van der Waals surface area contributed by atoms with Crippen LogP contribution in [0.25, 0.3) is 0 Å². The summed E-state index contributed by atoms with van der Waals surface area (Å²) in [5.74, 6) is -0.971. The molecule has 0 fully saturated rings. The van der Waals surface area contributed by atoms with Gasteiger partial charge in [0.1, 0.15) is 10.6 Å². The van der Waals surface area contributed by atoms with Gasteiger partial charge in [-0.1, -0.05) is 18.3 Å². The molecule has 1 atom stereocenters. The van der Waals surface area contributed by atoms with E-state index in [2.05, 4.69) is 5.32 Å². The number of hydroxylamine groups is 1. The number of hydrogen-bond donors (Lipinski definition) is 1. The molecule has 0 heterocycles. The van der Waals surface area contributed by atoms with E-state index in [0.717, 1.165) is 6.07 Å². The molecule has 0 aliphatic rings. The van der Waals surface area contributed by atoms with Crippen LogP contribution >= 0.6 is 0 Å². The van der Waals surface area contributed by atoms with Gasteiger partial charge in [0, 0.05) is 13.6 Å². The van der Waals surface area contributed by atoms with E-state index >= 15 is 0 Å². The Bertz CT molecular complexity index is 777. The number of nitrogens with one attached hydrogen (secondary N) is 1. The first kappa shape index (κ1) is 22.9. The van der Waals surface area contributed by atoms with E-state index < -0.39 is 28.0 Å². The zero-order valence-electron chi connectivity index (χ0n) is 16.3. The van der Waals surface area contributed by atoms with E-state index in [1.54, 1.807) is 0 Å². The minimum absolute atomic E-state index is 0.0395. The van der Waals surface area contributed by atoms with Crippen LogP contribution < -0.4 is 10.1 Å². The van der Waals surface area contributed by atoms with Gasteiger partial charge in [-0.15, -0.1) is 0 Å². The van der Waals surface area contributed by atoms with Gasteiger partial charge in [-0.05, 0) is 31.0 Å². The summed E-state index contributed by atoms with van der Waals surface area (Å²) < 4.78 is 35.8. The first-order valence-electron chi connectivity index (χ1n) is 8.24. The number of hydrogen-bond acceptors (Lipinski definition) is 7. The third-order valence-corrected chi connectivity index (χ3v) is 5.31. The predicted molar refractivity (Wildman–Crippen MR) is 97.7 cm³/mol. The molecule has 0 aliphatic carbocycles. The molecule has 1 rings (SSSR count). The van der Waals surface area contributed by atoms with Crippen LogP contribution in [0.1, 0.15) is 31.1 Å². The summed E-state index contributed by atoms with van der Waals surface area (Å²) in [4.78, 5) is 28.7. The highest BCUT2D eigenvalue weighted by Crippen LogP contribution is 2.27. The Morgan fingerprint density at radius 2 is 1.81 bits per heavy atom. The number of benzene rings is 1. The van der Waals surface area contributed by atoms with Gasteiger partial charge in [0.15, 0.2) is 6.10 Å². The number of rotatable bonds is 9. The Labute approximate surface area is 159 Å². The summed E-state index contributed by atoms with van der Waals surface area (Å²) in [5.41, 5.74) is -0.0395. The van der Waals surface area contributed by atoms with Crippen LogP contribution in [0.5, 0.6) is 5.75 Å². The Kier molecular flexibility index (Phi) is 8.20. The fourth-order valence-corrected chi connectivity index (χ4v) is 3.13. The topological polar surface area (TPSA) is 111 Å². The van der Waals surface area contributed by atoms with Crippen molar-refractivity contribution in [1.82, 2.24) is 9.79 Å². The molecule has 0 aliphatic heterocycles. The van der Waals surface area contributed by atoms with Gasteiger partial charge in [-0.25, -0.2) is 13.2 Å². The van der Waals surface area contributed by atoms with E-state index in [9.17, 15) is 18.0 Å². The number of carbonyl (C=O) groups excluding carboxylic acids is 2. The summed E-state index contributed by atoms with van der Waals surface area (Å²) in [5, 5.41) is 2.66. The zero-order valence-corrected chi connectivity index (χ0v) is 17.1. The Morgan fingerprint density at radius 3 is 2.33 bits per heavy atom. The van der Waals surface area contributed by atoms with Gasteiger partial charge in [0.2, 0.25) is 0 Å². The summed E-state index contributed by atoms with van der Waals surface area (Å²) in [6.07, 6.45) is -1.03. The molecule has 0 bridgehead atoms. The lowest BCUT2D eigenvalue weighted by molar-refractivity contribution is -0.129. The third-order valence-electron chi connectivity index (χ3n) is 3.61. The number of sulfonamides is 1. The number of nitrogens with zero attached hydrogens (tertiary/aromatic N) is 1. The van der Waals surface area contributed by atoms with Crippen molar-refractivity contribution in [2.24, 2.45) is 5.92 Å². The normalized spacial score (nSPS) is 12.7. The van der Waals surface area contributed by atoms with Crippen molar-refractivity contribution < 1.29 is 32.3 Å². The van der Waals surface area contributed by atoms with E-state index in [1.165, 1.54) is 40.3 Å². The van der Waals surface area contributed by atoms with Crippen LogP contribution in [0.3, 0.4) is 0 Å². The maximum absolute atomic E-state index is 12.5. The van der Waals surface area contributed by atoms with Crippen LogP contribution in [0.2, 0.25) is 0 Å². The smallest absolute Gasteiger partial charge is 0.338 e. The van der Waals surface area contributed by atoms with E-state index in [-0.39, 0.29) is 22.1 Å². The lowest BCUT2D eigenvalue weighted by Gasteiger charge is -2.18. The second-order valence-electron chi connectivity index (χ2n) is 6.15. The summed E-state index contributed by atoms with van der Waals surface area (Å²) in [7, 11) is -0.343. The largest absolute Gasteiger partial charge is 0.495 e. The minimum Gasteiger partial charge on any atom is -0.495 e. The number of carbonyl (C=O) groups is 2. The molecule has 1 aromatic rings. The molecular weight excluding hydrogens is 376 g/mol. The van der Waals surface area contributed by atoms with Gasteiger partial charge >= 0.3 is 5.97 Å². The summed E-state index contributed by atoms with van der Waals surface area (Å²) in [6, 6.07) is 3.80.